The van der Waals surface area contributed by atoms with Gasteiger partial charge in [-0.25, -0.2) is 0 Å². The smallest absolute Gasteiger partial charge is 0.163 e. The van der Waals surface area contributed by atoms with E-state index in [1.807, 2.05) is 18.5 Å². The van der Waals surface area contributed by atoms with Crippen molar-refractivity contribution >= 4 is 0 Å². The van der Waals surface area contributed by atoms with Gasteiger partial charge in [0, 0.05) is 12.6 Å². The molecular weight excluding hydrogens is 178 g/mol. The van der Waals surface area contributed by atoms with Crippen LogP contribution in [-0.2, 0) is 0 Å². The van der Waals surface area contributed by atoms with Crippen LogP contribution in [-0.4, -0.2) is 22.9 Å². The van der Waals surface area contributed by atoms with E-state index in [2.05, 4.69) is 18.9 Å². The molecule has 1 aromatic heterocycles. The fourth-order valence-electron chi connectivity index (χ4n) is 1.52. The van der Waals surface area contributed by atoms with Crippen LogP contribution in [0, 0.1) is 13.8 Å². The Bertz CT molecular complexity index is 305. The van der Waals surface area contributed by atoms with Gasteiger partial charge in [-0.05, 0) is 27.7 Å². The van der Waals surface area contributed by atoms with Gasteiger partial charge in [0.05, 0.1) is 5.69 Å². The summed E-state index contributed by atoms with van der Waals surface area (Å²) in [6, 6.07) is 0.365. The number of nitrogens with two attached hydrogens (primary N) is 1. The Morgan fingerprint density at radius 3 is 2.50 bits per heavy atom. The molecule has 0 aliphatic rings. The van der Waals surface area contributed by atoms with Gasteiger partial charge in [0.1, 0.15) is 12.3 Å². The minimum Gasteiger partial charge on any atom is -0.488 e. The van der Waals surface area contributed by atoms with E-state index in [1.165, 1.54) is 0 Å². The van der Waals surface area contributed by atoms with E-state index in [4.69, 9.17) is 10.5 Å². The third-order valence-electron chi connectivity index (χ3n) is 2.11. The molecule has 0 saturated heterocycles. The summed E-state index contributed by atoms with van der Waals surface area (Å²) in [5.41, 5.74) is 7.40. The minimum atomic E-state index is 0.365. The number of aryl methyl sites for hydroxylation is 1. The van der Waals surface area contributed by atoms with Crippen molar-refractivity contribution in [1.29, 1.82) is 0 Å². The highest BCUT2D eigenvalue weighted by Gasteiger charge is 2.13. The topological polar surface area (TPSA) is 53.1 Å². The Morgan fingerprint density at radius 2 is 2.07 bits per heavy atom. The first-order valence-electron chi connectivity index (χ1n) is 4.96. The highest BCUT2D eigenvalue weighted by molar-refractivity contribution is 5.32. The maximum atomic E-state index is 5.54. The van der Waals surface area contributed by atoms with Gasteiger partial charge in [0.2, 0.25) is 0 Å². The Labute approximate surface area is 85.0 Å². The molecular formula is C10H19N3O. The van der Waals surface area contributed by atoms with Gasteiger partial charge in [0.25, 0.3) is 0 Å². The van der Waals surface area contributed by atoms with Crippen LogP contribution in [0.3, 0.4) is 0 Å². The molecule has 0 aromatic carbocycles. The van der Waals surface area contributed by atoms with Gasteiger partial charge in [-0.3, -0.25) is 4.68 Å². The van der Waals surface area contributed by atoms with Crippen LogP contribution < -0.4 is 10.5 Å². The predicted octanol–water partition coefficient (Wildman–Crippen LogP) is 1.42. The lowest BCUT2D eigenvalue weighted by Gasteiger charge is -2.08. The maximum absolute atomic E-state index is 5.54. The van der Waals surface area contributed by atoms with Crippen molar-refractivity contribution in [3.63, 3.8) is 0 Å². The molecule has 4 heteroatoms. The zero-order valence-electron chi connectivity index (χ0n) is 9.37. The standard InChI is InChI=1S/C10H19N3O/c1-7(2)13-9(4)10(8(3)12-13)14-6-5-11/h7H,5-6,11H2,1-4H3. The van der Waals surface area contributed by atoms with Crippen LogP contribution in [0.15, 0.2) is 0 Å². The van der Waals surface area contributed by atoms with Crippen LogP contribution in [0.5, 0.6) is 5.75 Å². The lowest BCUT2D eigenvalue weighted by molar-refractivity contribution is 0.322. The summed E-state index contributed by atoms with van der Waals surface area (Å²) < 4.78 is 7.51. The summed E-state index contributed by atoms with van der Waals surface area (Å²) in [5.74, 6) is 0.879. The Balaban J connectivity index is 2.93. The Morgan fingerprint density at radius 1 is 1.43 bits per heavy atom. The number of nitrogens with zero attached hydrogens (tertiary/aromatic N) is 2. The third kappa shape index (κ3) is 2.07. The summed E-state index contributed by atoms with van der Waals surface area (Å²) in [7, 11) is 0. The minimum absolute atomic E-state index is 0.365. The SMILES string of the molecule is Cc1nn(C(C)C)c(C)c1OCCN. The highest BCUT2D eigenvalue weighted by Crippen LogP contribution is 2.24. The zero-order valence-corrected chi connectivity index (χ0v) is 9.37. The molecule has 80 valence electrons. The fourth-order valence-corrected chi connectivity index (χ4v) is 1.52. The van der Waals surface area contributed by atoms with Crippen molar-refractivity contribution in [3.8, 4) is 5.75 Å². The number of hydrogen-bond acceptors (Lipinski definition) is 3. The van der Waals surface area contributed by atoms with Gasteiger partial charge in [-0.1, -0.05) is 0 Å². The molecule has 0 unspecified atom stereocenters. The van der Waals surface area contributed by atoms with Crippen LogP contribution >= 0.6 is 0 Å². The van der Waals surface area contributed by atoms with E-state index in [0.29, 0.717) is 19.2 Å². The number of ether oxygens (including phenoxy) is 1. The van der Waals surface area contributed by atoms with E-state index in [-0.39, 0.29) is 0 Å². The van der Waals surface area contributed by atoms with Gasteiger partial charge in [0.15, 0.2) is 5.75 Å². The van der Waals surface area contributed by atoms with E-state index in [9.17, 15) is 0 Å². The first-order chi connectivity index (χ1) is 6.57. The van der Waals surface area contributed by atoms with Gasteiger partial charge >= 0.3 is 0 Å². The second-order valence-corrected chi connectivity index (χ2v) is 3.68. The molecule has 0 atom stereocenters. The summed E-state index contributed by atoms with van der Waals surface area (Å²) >= 11 is 0. The molecule has 0 spiro atoms. The third-order valence-corrected chi connectivity index (χ3v) is 2.11. The molecule has 0 bridgehead atoms. The van der Waals surface area contributed by atoms with Crippen molar-refractivity contribution in [1.82, 2.24) is 9.78 Å². The van der Waals surface area contributed by atoms with Crippen molar-refractivity contribution in [3.05, 3.63) is 11.4 Å². The molecule has 1 heterocycles. The van der Waals surface area contributed by atoms with Crippen LogP contribution in [0.1, 0.15) is 31.3 Å². The molecule has 0 aliphatic carbocycles. The summed E-state index contributed by atoms with van der Waals surface area (Å²) in [6.45, 7) is 9.26. The Hall–Kier alpha value is -1.03. The number of hydrogen-bond donors (Lipinski definition) is 1. The van der Waals surface area contributed by atoms with Gasteiger partial charge in [-0.15, -0.1) is 0 Å². The molecule has 1 aromatic rings. The summed E-state index contributed by atoms with van der Waals surface area (Å²) in [6.07, 6.45) is 0. The van der Waals surface area contributed by atoms with Gasteiger partial charge < -0.3 is 10.5 Å². The average molecular weight is 197 g/mol. The molecule has 0 aliphatic heterocycles. The molecule has 0 saturated carbocycles. The first kappa shape index (κ1) is 11.0. The first-order valence-corrected chi connectivity index (χ1v) is 4.96. The molecule has 14 heavy (non-hydrogen) atoms. The Kier molecular flexibility index (Phi) is 3.52. The average Bonchev–Trinajstić information content (AvgIpc) is 2.40. The largest absolute Gasteiger partial charge is 0.488 e. The molecule has 4 nitrogen and oxygen atoms in total. The van der Waals surface area contributed by atoms with Crippen molar-refractivity contribution in [2.24, 2.45) is 5.73 Å². The second-order valence-electron chi connectivity index (χ2n) is 3.68. The summed E-state index contributed by atoms with van der Waals surface area (Å²) in [4.78, 5) is 0. The van der Waals surface area contributed by atoms with Crippen LogP contribution in [0.4, 0.5) is 0 Å². The molecule has 0 fully saturated rings. The lowest BCUT2D eigenvalue weighted by Crippen LogP contribution is -2.11. The van der Waals surface area contributed by atoms with Gasteiger partial charge in [-0.2, -0.15) is 5.10 Å². The van der Waals surface area contributed by atoms with E-state index in [1.54, 1.807) is 0 Å². The normalized spacial score (nSPS) is 11.0. The van der Waals surface area contributed by atoms with E-state index >= 15 is 0 Å². The van der Waals surface area contributed by atoms with Crippen molar-refractivity contribution < 1.29 is 4.74 Å². The second kappa shape index (κ2) is 4.46. The van der Waals surface area contributed by atoms with Crippen molar-refractivity contribution in [2.75, 3.05) is 13.2 Å². The lowest BCUT2D eigenvalue weighted by atomic mass is 10.3. The fraction of sp³-hybridized carbons (Fsp3) is 0.700. The number of rotatable bonds is 4. The molecule has 0 amide bonds. The van der Waals surface area contributed by atoms with Crippen molar-refractivity contribution in [2.45, 2.75) is 33.7 Å². The quantitative estimate of drug-likeness (QED) is 0.794. The number of aromatic nitrogens is 2. The van der Waals surface area contributed by atoms with Crippen LogP contribution in [0.25, 0.3) is 0 Å². The molecule has 1 rings (SSSR count). The molecule has 2 N–H and O–H groups in total. The molecule has 0 radical (unpaired) electrons. The van der Waals surface area contributed by atoms with Crippen LogP contribution in [0.2, 0.25) is 0 Å². The predicted molar refractivity (Wildman–Crippen MR) is 56.6 cm³/mol. The van der Waals surface area contributed by atoms with E-state index in [0.717, 1.165) is 17.1 Å². The zero-order chi connectivity index (χ0) is 10.7. The highest BCUT2D eigenvalue weighted by atomic mass is 16.5. The van der Waals surface area contributed by atoms with E-state index < -0.39 is 0 Å². The maximum Gasteiger partial charge on any atom is 0.163 e. The monoisotopic (exact) mass is 197 g/mol. The summed E-state index contributed by atoms with van der Waals surface area (Å²) in [5, 5.41) is 4.41.